The molecule has 3 heterocycles. The number of rotatable bonds is 3. The zero-order chi connectivity index (χ0) is 24.2. The zero-order valence-electron chi connectivity index (χ0n) is 20.6. The number of esters is 2. The minimum absolute atomic E-state index is 0.0488. The van der Waals surface area contributed by atoms with E-state index in [-0.39, 0.29) is 36.2 Å². The number of carbonyl (C=O) groups excluding carboxylic acids is 3. The summed E-state index contributed by atoms with van der Waals surface area (Å²) in [5.41, 5.74) is -0.000407. The lowest BCUT2D eigenvalue weighted by atomic mass is 9.42. The normalized spacial score (nSPS) is 50.8. The average molecular weight is 471 g/mol. The van der Waals surface area contributed by atoms with Crippen molar-refractivity contribution in [3.63, 3.8) is 0 Å². The summed E-state index contributed by atoms with van der Waals surface area (Å²) in [5.74, 6) is -0.655. The van der Waals surface area contributed by atoms with Crippen LogP contribution in [0.2, 0.25) is 0 Å². The highest BCUT2D eigenvalue weighted by Gasteiger charge is 2.77. The molecule has 0 bridgehead atoms. The molecule has 7 nitrogen and oxygen atoms in total. The maximum Gasteiger partial charge on any atom is 0.316 e. The van der Waals surface area contributed by atoms with Crippen molar-refractivity contribution < 1.29 is 33.3 Å². The topological polar surface area (TPSA) is 88.1 Å². The molecule has 0 spiro atoms. The summed E-state index contributed by atoms with van der Waals surface area (Å²) in [5, 5.41) is 0. The second-order valence-corrected chi connectivity index (χ2v) is 11.8. The molecule has 6 aliphatic rings. The van der Waals surface area contributed by atoms with Crippen LogP contribution in [0.3, 0.4) is 0 Å². The molecule has 10 atom stereocenters. The van der Waals surface area contributed by atoms with Gasteiger partial charge in [0.25, 0.3) is 0 Å². The molecule has 4 fully saturated rings. The Morgan fingerprint density at radius 2 is 1.97 bits per heavy atom. The first-order valence-electron chi connectivity index (χ1n) is 12.5. The van der Waals surface area contributed by atoms with Crippen LogP contribution in [-0.2, 0) is 33.3 Å². The molecular weight excluding hydrogens is 436 g/mol. The summed E-state index contributed by atoms with van der Waals surface area (Å²) in [6, 6.07) is 0. The number of hydrogen-bond acceptors (Lipinski definition) is 7. The fraction of sp³-hybridized carbons (Fsp3) is 0.741. The molecule has 0 radical (unpaired) electrons. The molecule has 3 aliphatic heterocycles. The summed E-state index contributed by atoms with van der Waals surface area (Å²) >= 11 is 0. The van der Waals surface area contributed by atoms with E-state index in [4.69, 9.17) is 18.9 Å². The quantitative estimate of drug-likeness (QED) is 0.463. The van der Waals surface area contributed by atoms with Crippen LogP contribution in [-0.4, -0.2) is 56.4 Å². The van der Waals surface area contributed by atoms with Crippen molar-refractivity contribution in [2.75, 3.05) is 20.3 Å². The molecule has 0 aromatic rings. The van der Waals surface area contributed by atoms with Gasteiger partial charge in [0.1, 0.15) is 12.2 Å². The number of carbonyl (C=O) groups is 3. The first kappa shape index (κ1) is 22.5. The van der Waals surface area contributed by atoms with Gasteiger partial charge in [0.15, 0.2) is 5.78 Å². The lowest BCUT2D eigenvalue weighted by Gasteiger charge is -2.59. The predicted octanol–water partition coefficient (Wildman–Crippen LogP) is 3.02. The van der Waals surface area contributed by atoms with Crippen LogP contribution in [0, 0.1) is 39.9 Å². The van der Waals surface area contributed by atoms with Gasteiger partial charge in [0.05, 0.1) is 31.7 Å². The molecule has 7 heteroatoms. The minimum atomic E-state index is -0.958. The molecule has 6 rings (SSSR count). The first-order chi connectivity index (χ1) is 16.1. The van der Waals surface area contributed by atoms with E-state index in [1.54, 1.807) is 6.08 Å². The Morgan fingerprint density at radius 1 is 1.21 bits per heavy atom. The maximum absolute atomic E-state index is 13.7. The first-order valence-corrected chi connectivity index (χ1v) is 12.5. The van der Waals surface area contributed by atoms with E-state index in [0.29, 0.717) is 11.8 Å². The Kier molecular flexibility index (Phi) is 4.65. The van der Waals surface area contributed by atoms with E-state index in [1.165, 1.54) is 24.3 Å². The number of allylic oxidation sites excluding steroid dienone is 2. The third kappa shape index (κ3) is 2.48. The summed E-state index contributed by atoms with van der Waals surface area (Å²) < 4.78 is 23.7. The molecule has 3 unspecified atom stereocenters. The van der Waals surface area contributed by atoms with Gasteiger partial charge < -0.3 is 18.9 Å². The second kappa shape index (κ2) is 7.03. The van der Waals surface area contributed by atoms with Gasteiger partial charge in [-0.05, 0) is 56.1 Å². The Labute approximate surface area is 200 Å². The largest absolute Gasteiger partial charge is 0.469 e. The van der Waals surface area contributed by atoms with Gasteiger partial charge in [-0.15, -0.1) is 0 Å². The Morgan fingerprint density at radius 3 is 2.65 bits per heavy atom. The van der Waals surface area contributed by atoms with Crippen LogP contribution < -0.4 is 0 Å². The van der Waals surface area contributed by atoms with Crippen LogP contribution in [0.4, 0.5) is 0 Å². The van der Waals surface area contributed by atoms with Crippen LogP contribution >= 0.6 is 0 Å². The summed E-state index contributed by atoms with van der Waals surface area (Å²) in [4.78, 5) is 39.7. The van der Waals surface area contributed by atoms with E-state index < -0.39 is 34.4 Å². The number of hydrogen-bond donors (Lipinski definition) is 0. The van der Waals surface area contributed by atoms with Crippen molar-refractivity contribution in [1.82, 2.24) is 0 Å². The summed E-state index contributed by atoms with van der Waals surface area (Å²) in [6.45, 7) is 9.66. The highest BCUT2D eigenvalue weighted by molar-refractivity contribution is 6.00. The smallest absolute Gasteiger partial charge is 0.316 e. The fourth-order valence-electron chi connectivity index (χ4n) is 8.99. The summed E-state index contributed by atoms with van der Waals surface area (Å²) in [6.07, 6.45) is 4.21. The van der Waals surface area contributed by atoms with Gasteiger partial charge in [-0.25, -0.2) is 0 Å². The van der Waals surface area contributed by atoms with E-state index in [2.05, 4.69) is 13.8 Å². The van der Waals surface area contributed by atoms with Crippen LogP contribution in [0.1, 0.15) is 47.0 Å². The van der Waals surface area contributed by atoms with E-state index in [9.17, 15) is 14.4 Å². The molecule has 3 saturated heterocycles. The SMILES string of the molecule is COC(=O)C[C@H]1[C@]2(C)C3=C(C)[C@H](C4CCOC4)C[C@@H]3O[C@@H]2C2OC(=O)[C@]3(C)C=CC(=O)[C@@]1(C)C23. The van der Waals surface area contributed by atoms with Crippen molar-refractivity contribution in [3.05, 3.63) is 23.3 Å². The molecular formula is C27H34O7. The molecule has 0 amide bonds. The third-order valence-electron chi connectivity index (χ3n) is 10.5. The third-order valence-corrected chi connectivity index (χ3v) is 10.5. The molecule has 3 aliphatic carbocycles. The molecule has 1 saturated carbocycles. The molecule has 0 N–H and O–H groups in total. The zero-order valence-corrected chi connectivity index (χ0v) is 20.6. The predicted molar refractivity (Wildman–Crippen MR) is 120 cm³/mol. The fourth-order valence-corrected chi connectivity index (χ4v) is 8.99. The van der Waals surface area contributed by atoms with Gasteiger partial charge in [-0.1, -0.05) is 25.5 Å². The van der Waals surface area contributed by atoms with Crippen LogP contribution in [0.15, 0.2) is 23.3 Å². The highest BCUT2D eigenvalue weighted by atomic mass is 16.6. The van der Waals surface area contributed by atoms with Crippen LogP contribution in [0.5, 0.6) is 0 Å². The number of methoxy groups -OCH3 is 1. The van der Waals surface area contributed by atoms with Crippen molar-refractivity contribution in [3.8, 4) is 0 Å². The standard InChI is InChI=1S/C27H34O7/c1-13-15(14-7-9-32-12-14)10-16-20(13)27(4)17(11-19(29)31-5)26(3)18(28)6-8-25(2)22(26)21(23(27)33-16)34-24(25)30/h6,8,14-17,21-23H,7,9-12H2,1-5H3/t14?,15-,16+,17-,21?,22?,23-,25-,26+,27-/m1/s1. The van der Waals surface area contributed by atoms with Gasteiger partial charge >= 0.3 is 11.9 Å². The van der Waals surface area contributed by atoms with Gasteiger partial charge in [-0.2, -0.15) is 0 Å². The molecule has 184 valence electrons. The van der Waals surface area contributed by atoms with Gasteiger partial charge in [0, 0.05) is 23.4 Å². The lowest BCUT2D eigenvalue weighted by Crippen LogP contribution is -2.66. The Bertz CT molecular complexity index is 1040. The molecule has 34 heavy (non-hydrogen) atoms. The monoisotopic (exact) mass is 470 g/mol. The van der Waals surface area contributed by atoms with Crippen molar-refractivity contribution >= 4 is 17.7 Å². The maximum atomic E-state index is 13.7. The lowest BCUT2D eigenvalue weighted by molar-refractivity contribution is -0.190. The number of fused-ring (bicyclic) bond motifs is 4. The minimum Gasteiger partial charge on any atom is -0.469 e. The van der Waals surface area contributed by atoms with Crippen molar-refractivity contribution in [2.24, 2.45) is 39.9 Å². The van der Waals surface area contributed by atoms with Crippen molar-refractivity contribution in [2.45, 2.75) is 65.3 Å². The Hall–Kier alpha value is -1.99. The van der Waals surface area contributed by atoms with Crippen LogP contribution in [0.25, 0.3) is 0 Å². The number of ketones is 1. The van der Waals surface area contributed by atoms with Gasteiger partial charge in [-0.3, -0.25) is 14.4 Å². The van der Waals surface area contributed by atoms with Gasteiger partial charge in [0.2, 0.25) is 0 Å². The summed E-state index contributed by atoms with van der Waals surface area (Å²) in [7, 11) is 1.38. The van der Waals surface area contributed by atoms with Crippen molar-refractivity contribution in [1.29, 1.82) is 0 Å². The van der Waals surface area contributed by atoms with E-state index in [1.807, 2.05) is 13.8 Å². The molecule has 0 aromatic carbocycles. The average Bonchev–Trinajstić information content (AvgIpc) is 3.54. The highest BCUT2D eigenvalue weighted by Crippen LogP contribution is 2.71. The van der Waals surface area contributed by atoms with E-state index in [0.717, 1.165) is 26.1 Å². The van der Waals surface area contributed by atoms with E-state index >= 15 is 0 Å². The molecule has 0 aromatic heterocycles. The second-order valence-electron chi connectivity index (χ2n) is 11.8. The number of ether oxygens (including phenoxy) is 4. The Balaban J connectivity index is 1.54.